The molecule has 0 aliphatic carbocycles. The number of ketones is 1. The van der Waals surface area contributed by atoms with Crippen LogP contribution in [0, 0.1) is 12.7 Å². The fraction of sp³-hybridized carbons (Fsp3) is 0.136. The van der Waals surface area contributed by atoms with Gasteiger partial charge >= 0.3 is 0 Å². The first-order valence-electron chi connectivity index (χ1n) is 8.63. The Balaban J connectivity index is 2.05. The van der Waals surface area contributed by atoms with Gasteiger partial charge in [0.1, 0.15) is 11.1 Å². The lowest BCUT2D eigenvalue weighted by Crippen LogP contribution is -2.19. The third kappa shape index (κ3) is 4.32. The highest BCUT2D eigenvalue weighted by atomic mass is 35.5. The topological polar surface area (TPSA) is 51.2 Å². The van der Waals surface area contributed by atoms with Gasteiger partial charge in [0, 0.05) is 22.6 Å². The lowest BCUT2D eigenvalue weighted by atomic mass is 10.0. The number of carbonyl (C=O) groups is 1. The SMILES string of the molecule is Cc1ccc(S(=O)(=O)[C@H](CC(=O)c2ccc(Cl)cc2)c2ccccc2F)cc1. The van der Waals surface area contributed by atoms with Crippen molar-refractivity contribution >= 4 is 27.2 Å². The molecule has 28 heavy (non-hydrogen) atoms. The molecule has 6 heteroatoms. The number of sulfone groups is 1. The molecule has 1 atom stereocenters. The van der Waals surface area contributed by atoms with Crippen molar-refractivity contribution < 1.29 is 17.6 Å². The molecule has 3 nitrogen and oxygen atoms in total. The summed E-state index contributed by atoms with van der Waals surface area (Å²) in [5.41, 5.74) is 1.20. The molecule has 0 spiro atoms. The van der Waals surface area contributed by atoms with Crippen molar-refractivity contribution in [1.29, 1.82) is 0 Å². The van der Waals surface area contributed by atoms with E-state index in [1.807, 2.05) is 6.92 Å². The fourth-order valence-corrected chi connectivity index (χ4v) is 4.80. The molecule has 0 fully saturated rings. The minimum Gasteiger partial charge on any atom is -0.294 e. The van der Waals surface area contributed by atoms with E-state index < -0.39 is 26.7 Å². The summed E-state index contributed by atoms with van der Waals surface area (Å²) in [4.78, 5) is 12.8. The molecular formula is C22H18ClFO3S. The number of hydrogen-bond acceptors (Lipinski definition) is 3. The maximum absolute atomic E-state index is 14.5. The van der Waals surface area contributed by atoms with Gasteiger partial charge in [0.2, 0.25) is 0 Å². The van der Waals surface area contributed by atoms with E-state index in [0.717, 1.165) is 5.56 Å². The first-order chi connectivity index (χ1) is 13.3. The molecule has 0 bridgehead atoms. The summed E-state index contributed by atoms with van der Waals surface area (Å²) in [5.74, 6) is -1.06. The first-order valence-corrected chi connectivity index (χ1v) is 10.6. The Bertz CT molecular complexity index is 1090. The number of rotatable bonds is 6. The molecule has 0 aliphatic rings. The van der Waals surface area contributed by atoms with E-state index in [2.05, 4.69) is 0 Å². The van der Waals surface area contributed by atoms with Gasteiger partial charge in [0.15, 0.2) is 15.6 Å². The van der Waals surface area contributed by atoms with Crippen molar-refractivity contribution in [2.24, 2.45) is 0 Å². The number of halogens is 2. The van der Waals surface area contributed by atoms with Gasteiger partial charge in [-0.15, -0.1) is 0 Å². The Hall–Kier alpha value is -2.50. The second-order valence-corrected chi connectivity index (χ2v) is 9.07. The second-order valence-electron chi connectivity index (χ2n) is 6.50. The van der Waals surface area contributed by atoms with Crippen LogP contribution in [0.2, 0.25) is 5.02 Å². The highest BCUT2D eigenvalue weighted by molar-refractivity contribution is 7.91. The van der Waals surface area contributed by atoms with Crippen LogP contribution in [0.4, 0.5) is 4.39 Å². The lowest BCUT2D eigenvalue weighted by Gasteiger charge is -2.19. The number of Topliss-reactive ketones (excluding diaryl/α,β-unsaturated/α-hetero) is 1. The molecular weight excluding hydrogens is 399 g/mol. The molecule has 3 aromatic carbocycles. The summed E-state index contributed by atoms with van der Waals surface area (Å²) in [6, 6.07) is 18.1. The lowest BCUT2D eigenvalue weighted by molar-refractivity contribution is 0.0980. The number of benzene rings is 3. The maximum Gasteiger partial charge on any atom is 0.185 e. The van der Waals surface area contributed by atoms with Gasteiger partial charge in [-0.3, -0.25) is 4.79 Å². The van der Waals surface area contributed by atoms with Crippen molar-refractivity contribution in [3.8, 4) is 0 Å². The third-order valence-corrected chi connectivity index (χ3v) is 6.86. The Kier molecular flexibility index (Phi) is 5.96. The van der Waals surface area contributed by atoms with Crippen molar-refractivity contribution in [3.05, 3.63) is 100 Å². The summed E-state index contributed by atoms with van der Waals surface area (Å²) in [6.07, 6.45) is -0.376. The number of aryl methyl sites for hydroxylation is 1. The van der Waals surface area contributed by atoms with Crippen LogP contribution in [0.1, 0.15) is 33.2 Å². The highest BCUT2D eigenvalue weighted by Crippen LogP contribution is 2.34. The minimum absolute atomic E-state index is 0.0228. The van der Waals surface area contributed by atoms with E-state index in [9.17, 15) is 17.6 Å². The Morgan fingerprint density at radius 1 is 0.964 bits per heavy atom. The van der Waals surface area contributed by atoms with Crippen LogP contribution in [-0.2, 0) is 9.84 Å². The molecule has 0 amide bonds. The molecule has 3 rings (SSSR count). The predicted octanol–water partition coefficient (Wildman–Crippen LogP) is 5.58. The van der Waals surface area contributed by atoms with E-state index in [1.165, 1.54) is 42.5 Å². The predicted molar refractivity (Wildman–Crippen MR) is 108 cm³/mol. The second kappa shape index (κ2) is 8.25. The van der Waals surface area contributed by atoms with Crippen LogP contribution in [0.15, 0.2) is 77.7 Å². The molecule has 0 saturated carbocycles. The van der Waals surface area contributed by atoms with Gasteiger partial charge in [-0.2, -0.15) is 0 Å². The molecule has 0 N–H and O–H groups in total. The molecule has 0 heterocycles. The highest BCUT2D eigenvalue weighted by Gasteiger charge is 2.33. The van der Waals surface area contributed by atoms with Crippen LogP contribution < -0.4 is 0 Å². The van der Waals surface area contributed by atoms with Gasteiger partial charge in [0.05, 0.1) is 4.90 Å². The van der Waals surface area contributed by atoms with E-state index in [-0.39, 0.29) is 16.9 Å². The zero-order chi connectivity index (χ0) is 20.3. The molecule has 0 aromatic heterocycles. The quantitative estimate of drug-likeness (QED) is 0.493. The average molecular weight is 417 g/mol. The summed E-state index contributed by atoms with van der Waals surface area (Å²) in [7, 11) is -3.99. The number of carbonyl (C=O) groups excluding carboxylic acids is 1. The summed E-state index contributed by atoms with van der Waals surface area (Å²) >= 11 is 5.85. The van der Waals surface area contributed by atoms with Gasteiger partial charge in [-0.25, -0.2) is 12.8 Å². The standard InChI is InChI=1S/C22H18ClFO3S/c1-15-6-12-18(13-7-15)28(26,27)22(19-4-2-3-5-20(19)24)14-21(25)16-8-10-17(23)11-9-16/h2-13,22H,14H2,1H3/t22-/m1/s1. The van der Waals surface area contributed by atoms with Crippen molar-refractivity contribution in [2.75, 3.05) is 0 Å². The maximum atomic E-state index is 14.5. The fourth-order valence-electron chi connectivity index (χ4n) is 2.94. The van der Waals surface area contributed by atoms with Crippen LogP contribution in [-0.4, -0.2) is 14.2 Å². The van der Waals surface area contributed by atoms with Gasteiger partial charge < -0.3 is 0 Å². The number of hydrogen-bond donors (Lipinski definition) is 0. The Morgan fingerprint density at radius 2 is 1.57 bits per heavy atom. The molecule has 144 valence electrons. The molecule has 0 radical (unpaired) electrons. The van der Waals surface area contributed by atoms with Gasteiger partial charge in [0.25, 0.3) is 0 Å². The third-order valence-electron chi connectivity index (χ3n) is 4.51. The van der Waals surface area contributed by atoms with E-state index >= 15 is 0 Å². The van der Waals surface area contributed by atoms with Crippen LogP contribution in [0.5, 0.6) is 0 Å². The summed E-state index contributed by atoms with van der Waals surface area (Å²) in [6.45, 7) is 1.84. The van der Waals surface area contributed by atoms with Crippen LogP contribution in [0.3, 0.4) is 0 Å². The van der Waals surface area contributed by atoms with E-state index in [4.69, 9.17) is 11.6 Å². The molecule has 0 unspecified atom stereocenters. The summed E-state index contributed by atoms with van der Waals surface area (Å²) < 4.78 is 41.0. The molecule has 0 saturated heterocycles. The summed E-state index contributed by atoms with van der Waals surface area (Å²) in [5, 5.41) is -0.867. The zero-order valence-electron chi connectivity index (χ0n) is 15.1. The largest absolute Gasteiger partial charge is 0.294 e. The van der Waals surface area contributed by atoms with Gasteiger partial charge in [-0.05, 0) is 49.4 Å². The smallest absolute Gasteiger partial charge is 0.185 e. The van der Waals surface area contributed by atoms with Crippen LogP contribution >= 0.6 is 11.6 Å². The monoisotopic (exact) mass is 416 g/mol. The van der Waals surface area contributed by atoms with Gasteiger partial charge in [-0.1, -0.05) is 47.5 Å². The van der Waals surface area contributed by atoms with Crippen LogP contribution in [0.25, 0.3) is 0 Å². The van der Waals surface area contributed by atoms with Crippen molar-refractivity contribution in [1.82, 2.24) is 0 Å². The molecule has 0 aliphatic heterocycles. The zero-order valence-corrected chi connectivity index (χ0v) is 16.7. The Labute approximate surface area is 168 Å². The van der Waals surface area contributed by atoms with E-state index in [0.29, 0.717) is 10.6 Å². The first kappa shape index (κ1) is 20.2. The van der Waals surface area contributed by atoms with Crippen molar-refractivity contribution in [2.45, 2.75) is 23.5 Å². The van der Waals surface area contributed by atoms with Crippen molar-refractivity contribution in [3.63, 3.8) is 0 Å². The Morgan fingerprint density at radius 3 is 2.18 bits per heavy atom. The average Bonchev–Trinajstić information content (AvgIpc) is 2.67. The normalized spacial score (nSPS) is 12.5. The van der Waals surface area contributed by atoms with E-state index in [1.54, 1.807) is 30.3 Å². The molecule has 3 aromatic rings. The minimum atomic E-state index is -3.99.